The van der Waals surface area contributed by atoms with Crippen molar-refractivity contribution in [2.45, 2.75) is 23.1 Å². The number of aliphatic carboxylic acids is 1. The van der Waals surface area contributed by atoms with Gasteiger partial charge in [-0.25, -0.2) is 20.8 Å². The fraction of sp³-hybridized carbons (Fsp3) is 0.158. The van der Waals surface area contributed by atoms with Crippen LogP contribution in [0.5, 0.6) is 0 Å². The van der Waals surface area contributed by atoms with Crippen LogP contribution in [0.4, 0.5) is 0 Å². The molecule has 0 aliphatic rings. The van der Waals surface area contributed by atoms with Gasteiger partial charge < -0.3 is 5.11 Å². The summed E-state index contributed by atoms with van der Waals surface area (Å²) in [7, 11) is -7.63. The van der Waals surface area contributed by atoms with Gasteiger partial charge in [-0.15, -0.1) is 0 Å². The van der Waals surface area contributed by atoms with Crippen LogP contribution in [0.15, 0.2) is 52.3 Å². The Morgan fingerprint density at radius 2 is 1.66 bits per heavy atom. The highest BCUT2D eigenvalue weighted by Gasteiger charge is 2.26. The van der Waals surface area contributed by atoms with Gasteiger partial charge in [0.25, 0.3) is 10.0 Å². The average Bonchev–Trinajstić information content (AvgIpc) is 2.92. The van der Waals surface area contributed by atoms with E-state index in [1.54, 1.807) is 0 Å². The highest BCUT2D eigenvalue weighted by Crippen LogP contribution is 2.31. The first kappa shape index (κ1) is 20.6. The van der Waals surface area contributed by atoms with Crippen LogP contribution < -0.4 is 0 Å². The molecule has 29 heavy (non-hydrogen) atoms. The molecule has 0 unspecified atom stereocenters. The lowest BCUT2D eigenvalue weighted by atomic mass is 10.1. The Balaban J connectivity index is 2.29. The number of aromatic nitrogens is 1. The minimum absolute atomic E-state index is 0.0178. The zero-order chi connectivity index (χ0) is 21.6. The van der Waals surface area contributed by atoms with E-state index in [4.69, 9.17) is 5.26 Å². The van der Waals surface area contributed by atoms with Gasteiger partial charge in [-0.2, -0.15) is 5.26 Å². The topological polar surface area (TPSA) is 134 Å². The molecule has 0 atom stereocenters. The normalized spacial score (nSPS) is 12.0. The quantitative estimate of drug-likeness (QED) is 0.652. The summed E-state index contributed by atoms with van der Waals surface area (Å²) in [6, 6.07) is 11.1. The number of nitrogens with zero attached hydrogens (tertiary/aromatic N) is 2. The number of hydrogen-bond acceptors (Lipinski definition) is 6. The van der Waals surface area contributed by atoms with Crippen molar-refractivity contribution in [2.24, 2.45) is 0 Å². The number of hydrogen-bond donors (Lipinski definition) is 1. The number of fused-ring (bicyclic) bond motifs is 1. The van der Waals surface area contributed by atoms with Gasteiger partial charge in [-0.3, -0.25) is 4.79 Å². The Bertz CT molecular complexity index is 1390. The number of benzene rings is 2. The summed E-state index contributed by atoms with van der Waals surface area (Å²) < 4.78 is 50.8. The fourth-order valence-electron chi connectivity index (χ4n) is 3.17. The number of nitriles is 1. The maximum atomic E-state index is 13.3. The molecule has 3 aromatic rings. The largest absolute Gasteiger partial charge is 0.481 e. The van der Waals surface area contributed by atoms with Crippen LogP contribution in [-0.4, -0.2) is 38.1 Å². The van der Waals surface area contributed by atoms with Crippen LogP contribution in [0.2, 0.25) is 0 Å². The Morgan fingerprint density at radius 1 is 1.07 bits per heavy atom. The molecule has 0 spiro atoms. The molecule has 8 nitrogen and oxygen atoms in total. The molecule has 3 rings (SSSR count). The first-order chi connectivity index (χ1) is 13.5. The Kier molecular flexibility index (Phi) is 4.98. The van der Waals surface area contributed by atoms with Gasteiger partial charge >= 0.3 is 5.97 Å². The summed E-state index contributed by atoms with van der Waals surface area (Å²) >= 11 is 0. The maximum absolute atomic E-state index is 13.3. The molecule has 0 aliphatic heterocycles. The second-order valence-electron chi connectivity index (χ2n) is 6.49. The molecular formula is C19H16N2O6S2. The van der Waals surface area contributed by atoms with E-state index in [1.165, 1.54) is 49.4 Å². The van der Waals surface area contributed by atoms with Crippen LogP contribution in [0, 0.1) is 18.3 Å². The van der Waals surface area contributed by atoms with Crippen molar-refractivity contribution in [3.63, 3.8) is 0 Å². The summed E-state index contributed by atoms with van der Waals surface area (Å²) in [5, 5.41) is 18.7. The van der Waals surface area contributed by atoms with Gasteiger partial charge in [0, 0.05) is 17.3 Å². The lowest BCUT2D eigenvalue weighted by Gasteiger charge is -2.11. The first-order valence-electron chi connectivity index (χ1n) is 8.28. The molecule has 0 radical (unpaired) electrons. The molecule has 0 saturated heterocycles. The second kappa shape index (κ2) is 7.02. The van der Waals surface area contributed by atoms with E-state index in [0.29, 0.717) is 10.9 Å². The summed E-state index contributed by atoms with van der Waals surface area (Å²) in [6.45, 7) is 1.49. The van der Waals surface area contributed by atoms with Crippen molar-refractivity contribution in [3.8, 4) is 6.07 Å². The first-order valence-corrected chi connectivity index (χ1v) is 11.6. The van der Waals surface area contributed by atoms with Gasteiger partial charge in [-0.1, -0.05) is 0 Å². The smallest absolute Gasteiger partial charge is 0.307 e. The maximum Gasteiger partial charge on any atom is 0.307 e. The van der Waals surface area contributed by atoms with Crippen LogP contribution >= 0.6 is 0 Å². The molecule has 1 heterocycles. The van der Waals surface area contributed by atoms with Gasteiger partial charge in [0.15, 0.2) is 9.84 Å². The molecule has 0 aliphatic carbocycles. The summed E-state index contributed by atoms with van der Waals surface area (Å²) in [5.74, 6) is -1.13. The van der Waals surface area contributed by atoms with Crippen molar-refractivity contribution < 1.29 is 26.7 Å². The van der Waals surface area contributed by atoms with E-state index in [9.17, 15) is 26.7 Å². The van der Waals surface area contributed by atoms with Crippen molar-refractivity contribution in [1.29, 1.82) is 5.26 Å². The Hall–Kier alpha value is -3.16. The predicted octanol–water partition coefficient (Wildman–Crippen LogP) is 2.09. The number of carboxylic acid groups (broad SMARTS) is 1. The van der Waals surface area contributed by atoms with E-state index in [1.807, 2.05) is 6.07 Å². The molecule has 0 saturated carbocycles. The third kappa shape index (κ3) is 3.62. The lowest BCUT2D eigenvalue weighted by molar-refractivity contribution is -0.136. The van der Waals surface area contributed by atoms with E-state index in [-0.39, 0.29) is 26.6 Å². The number of rotatable bonds is 5. The van der Waals surface area contributed by atoms with Crippen LogP contribution in [0.1, 0.15) is 16.8 Å². The highest BCUT2D eigenvalue weighted by atomic mass is 32.2. The third-order valence-corrected chi connectivity index (χ3v) is 7.48. The molecule has 0 bridgehead atoms. The summed E-state index contributed by atoms with van der Waals surface area (Å²) in [4.78, 5) is 11.1. The lowest BCUT2D eigenvalue weighted by Crippen LogP contribution is -2.15. The minimum Gasteiger partial charge on any atom is -0.481 e. The molecule has 0 amide bonds. The van der Waals surface area contributed by atoms with Crippen LogP contribution in [0.25, 0.3) is 10.9 Å². The van der Waals surface area contributed by atoms with E-state index < -0.39 is 32.3 Å². The fourth-order valence-corrected chi connectivity index (χ4v) is 5.38. The number of carboxylic acids is 1. The summed E-state index contributed by atoms with van der Waals surface area (Å²) in [5.41, 5.74) is 1.02. The molecule has 2 aromatic carbocycles. The van der Waals surface area contributed by atoms with Gasteiger partial charge in [-0.05, 0) is 55.0 Å². The van der Waals surface area contributed by atoms with Crippen molar-refractivity contribution in [2.75, 3.05) is 6.26 Å². The van der Waals surface area contributed by atoms with Crippen molar-refractivity contribution in [1.82, 2.24) is 3.97 Å². The number of carbonyl (C=O) groups is 1. The molecule has 1 N–H and O–H groups in total. The number of sulfone groups is 1. The van der Waals surface area contributed by atoms with Gasteiger partial charge in [0.2, 0.25) is 0 Å². The Labute approximate surface area is 167 Å². The molecule has 10 heteroatoms. The molecule has 0 fully saturated rings. The molecule has 1 aromatic heterocycles. The highest BCUT2D eigenvalue weighted by molar-refractivity contribution is 7.91. The van der Waals surface area contributed by atoms with Gasteiger partial charge in [0.1, 0.15) is 0 Å². The molecular weight excluding hydrogens is 416 g/mol. The molecule has 150 valence electrons. The van der Waals surface area contributed by atoms with Crippen molar-refractivity contribution in [3.05, 3.63) is 59.3 Å². The van der Waals surface area contributed by atoms with Crippen LogP contribution in [-0.2, 0) is 31.1 Å². The minimum atomic E-state index is -4.15. The zero-order valence-corrected chi connectivity index (χ0v) is 17.1. The monoisotopic (exact) mass is 432 g/mol. The van der Waals surface area contributed by atoms with E-state index >= 15 is 0 Å². The summed E-state index contributed by atoms with van der Waals surface area (Å²) in [6.07, 6.45) is 0.609. The third-order valence-electron chi connectivity index (χ3n) is 4.53. The van der Waals surface area contributed by atoms with Crippen molar-refractivity contribution >= 4 is 36.7 Å². The second-order valence-corrected chi connectivity index (χ2v) is 10.3. The van der Waals surface area contributed by atoms with Crippen LogP contribution in [0.3, 0.4) is 0 Å². The van der Waals surface area contributed by atoms with E-state index in [0.717, 1.165) is 10.2 Å². The zero-order valence-electron chi connectivity index (χ0n) is 15.4. The standard InChI is InChI=1S/C19H16N2O6S2/c1-12-16(10-19(22)23)17-9-13(11-20)3-8-18(17)21(12)29(26,27)15-6-4-14(5-7-15)28(2,24)25/h3-9H,10H2,1-2H3,(H,22,23). The SMILES string of the molecule is Cc1c(CC(=O)O)c2cc(C#N)ccc2n1S(=O)(=O)c1ccc(S(C)(=O)=O)cc1. The van der Waals surface area contributed by atoms with Gasteiger partial charge in [0.05, 0.1) is 33.4 Å². The predicted molar refractivity (Wildman–Crippen MR) is 105 cm³/mol. The average molecular weight is 432 g/mol. The Morgan fingerprint density at radius 3 is 2.17 bits per heavy atom. The van der Waals surface area contributed by atoms with E-state index in [2.05, 4.69) is 0 Å².